The second-order valence-electron chi connectivity index (χ2n) is 5.51. The molecule has 0 unspecified atom stereocenters. The highest BCUT2D eigenvalue weighted by Crippen LogP contribution is 2.11. The largest absolute Gasteiger partial charge is 0.396 e. The molecule has 1 N–H and O–H groups in total. The Morgan fingerprint density at radius 2 is 1.25 bits per heavy atom. The molecule has 0 spiro atoms. The summed E-state index contributed by atoms with van der Waals surface area (Å²) in [7, 11) is 0. The van der Waals surface area contributed by atoms with E-state index in [9.17, 15) is 0 Å². The molecule has 112 valence electrons. The molecule has 0 saturated carbocycles. The van der Waals surface area contributed by atoms with Crippen LogP contribution in [0.1, 0.15) is 69.8 Å². The van der Waals surface area contributed by atoms with E-state index in [1.807, 2.05) is 0 Å². The zero-order valence-corrected chi connectivity index (χ0v) is 12.8. The van der Waals surface area contributed by atoms with E-state index in [0.717, 1.165) is 6.42 Å². The Bertz CT molecular complexity index is 329. The predicted octanol–water partition coefficient (Wildman–Crippen LogP) is 5.59. The number of aliphatic hydroxyl groups excluding tert-OH is 1. The van der Waals surface area contributed by atoms with Gasteiger partial charge >= 0.3 is 0 Å². The summed E-state index contributed by atoms with van der Waals surface area (Å²) in [6.07, 6.45) is 17.3. The summed E-state index contributed by atoms with van der Waals surface area (Å²) in [5, 5.41) is 8.68. The third kappa shape index (κ3) is 9.80. The lowest BCUT2D eigenvalue weighted by Gasteiger charge is -2.01. The van der Waals surface area contributed by atoms with E-state index < -0.39 is 0 Å². The molecule has 0 aliphatic heterocycles. The van der Waals surface area contributed by atoms with Crippen molar-refractivity contribution < 1.29 is 5.11 Å². The first-order chi connectivity index (χ1) is 9.93. The quantitative estimate of drug-likeness (QED) is 0.492. The highest BCUT2D eigenvalue weighted by molar-refractivity contribution is 5.48. The van der Waals surface area contributed by atoms with E-state index in [1.165, 1.54) is 63.4 Å². The van der Waals surface area contributed by atoms with Crippen molar-refractivity contribution in [2.45, 2.75) is 64.2 Å². The number of unbranched alkanes of at least 4 members (excludes halogenated alkanes) is 9. The van der Waals surface area contributed by atoms with Crippen LogP contribution < -0.4 is 0 Å². The van der Waals surface area contributed by atoms with Crippen LogP contribution in [0.3, 0.4) is 0 Å². The monoisotopic (exact) mass is 274 g/mol. The van der Waals surface area contributed by atoms with Crippen molar-refractivity contribution >= 4 is 6.08 Å². The van der Waals surface area contributed by atoms with Gasteiger partial charge < -0.3 is 5.11 Å². The molecule has 0 aliphatic rings. The number of aliphatic hydroxyl groups is 1. The van der Waals surface area contributed by atoms with Gasteiger partial charge in [0.1, 0.15) is 0 Å². The highest BCUT2D eigenvalue weighted by atomic mass is 16.2. The van der Waals surface area contributed by atoms with Gasteiger partial charge in [-0.25, -0.2) is 0 Å². The number of hydrogen-bond donors (Lipinski definition) is 1. The van der Waals surface area contributed by atoms with Gasteiger partial charge in [-0.1, -0.05) is 87.4 Å². The molecule has 1 aromatic rings. The first-order valence-corrected chi connectivity index (χ1v) is 8.26. The summed E-state index contributed by atoms with van der Waals surface area (Å²) in [5.74, 6) is 0. The van der Waals surface area contributed by atoms with Crippen molar-refractivity contribution in [1.82, 2.24) is 0 Å². The molecule has 1 rings (SSSR count). The third-order valence-electron chi connectivity index (χ3n) is 3.64. The molecular weight excluding hydrogens is 244 g/mol. The van der Waals surface area contributed by atoms with E-state index in [4.69, 9.17) is 5.11 Å². The molecule has 0 aliphatic carbocycles. The van der Waals surface area contributed by atoms with Crippen LogP contribution in [-0.4, -0.2) is 11.7 Å². The van der Waals surface area contributed by atoms with Gasteiger partial charge in [-0.3, -0.25) is 0 Å². The molecule has 0 radical (unpaired) electrons. The van der Waals surface area contributed by atoms with E-state index >= 15 is 0 Å². The molecule has 1 aromatic carbocycles. The van der Waals surface area contributed by atoms with Crippen LogP contribution in [0.2, 0.25) is 0 Å². The van der Waals surface area contributed by atoms with Crippen LogP contribution in [-0.2, 0) is 0 Å². The summed E-state index contributed by atoms with van der Waals surface area (Å²) < 4.78 is 0. The second kappa shape index (κ2) is 12.9. The van der Waals surface area contributed by atoms with Gasteiger partial charge in [-0.05, 0) is 24.8 Å². The Balaban J connectivity index is 1.84. The number of benzene rings is 1. The Labute approximate surface area is 124 Å². The topological polar surface area (TPSA) is 20.2 Å². The smallest absolute Gasteiger partial charge is 0.0431 e. The van der Waals surface area contributed by atoms with Crippen LogP contribution in [0.15, 0.2) is 36.4 Å². The van der Waals surface area contributed by atoms with Crippen LogP contribution in [0, 0.1) is 0 Å². The fourth-order valence-corrected chi connectivity index (χ4v) is 2.39. The Morgan fingerprint density at radius 1 is 0.700 bits per heavy atom. The molecule has 1 heteroatoms. The van der Waals surface area contributed by atoms with Crippen molar-refractivity contribution in [3.63, 3.8) is 0 Å². The summed E-state index contributed by atoms with van der Waals surface area (Å²) in [5.41, 5.74) is 1.30. The zero-order valence-electron chi connectivity index (χ0n) is 12.8. The van der Waals surface area contributed by atoms with Gasteiger partial charge in [-0.2, -0.15) is 0 Å². The van der Waals surface area contributed by atoms with Crippen molar-refractivity contribution in [2.24, 2.45) is 0 Å². The van der Waals surface area contributed by atoms with E-state index in [-0.39, 0.29) is 0 Å². The van der Waals surface area contributed by atoms with E-state index in [2.05, 4.69) is 42.5 Å². The Kier molecular flexibility index (Phi) is 11.0. The van der Waals surface area contributed by atoms with Crippen LogP contribution in [0.5, 0.6) is 0 Å². The summed E-state index contributed by atoms with van der Waals surface area (Å²) in [4.78, 5) is 0. The molecule has 20 heavy (non-hydrogen) atoms. The minimum atomic E-state index is 0.358. The van der Waals surface area contributed by atoms with Gasteiger partial charge in [0.2, 0.25) is 0 Å². The summed E-state index contributed by atoms with van der Waals surface area (Å²) >= 11 is 0. The first kappa shape index (κ1) is 17.0. The van der Waals surface area contributed by atoms with Gasteiger partial charge in [0.15, 0.2) is 0 Å². The molecule has 0 saturated heterocycles. The molecule has 0 amide bonds. The number of rotatable bonds is 12. The minimum absolute atomic E-state index is 0.358. The lowest BCUT2D eigenvalue weighted by atomic mass is 10.1. The molecular formula is C19H30O. The molecule has 0 bridgehead atoms. The molecule has 0 atom stereocenters. The van der Waals surface area contributed by atoms with Gasteiger partial charge in [0, 0.05) is 6.61 Å². The number of allylic oxidation sites excluding steroid dienone is 1. The molecule has 0 fully saturated rings. The third-order valence-corrected chi connectivity index (χ3v) is 3.64. The maximum absolute atomic E-state index is 8.68. The van der Waals surface area contributed by atoms with Gasteiger partial charge in [0.05, 0.1) is 0 Å². The first-order valence-electron chi connectivity index (χ1n) is 8.26. The Morgan fingerprint density at radius 3 is 1.85 bits per heavy atom. The van der Waals surface area contributed by atoms with E-state index in [0.29, 0.717) is 6.61 Å². The van der Waals surface area contributed by atoms with Crippen LogP contribution in [0.25, 0.3) is 6.08 Å². The van der Waals surface area contributed by atoms with Crippen LogP contribution in [0.4, 0.5) is 0 Å². The molecule has 0 heterocycles. The fourth-order valence-electron chi connectivity index (χ4n) is 2.39. The minimum Gasteiger partial charge on any atom is -0.396 e. The lowest BCUT2D eigenvalue weighted by molar-refractivity contribution is 0.282. The lowest BCUT2D eigenvalue weighted by Crippen LogP contribution is -1.84. The SMILES string of the molecule is OCCCCCCCCCCCC=Cc1ccccc1. The van der Waals surface area contributed by atoms with Crippen molar-refractivity contribution in [2.75, 3.05) is 6.61 Å². The molecule has 1 nitrogen and oxygen atoms in total. The fraction of sp³-hybridized carbons (Fsp3) is 0.579. The highest BCUT2D eigenvalue weighted by Gasteiger charge is 1.92. The molecule has 0 aromatic heterocycles. The average Bonchev–Trinajstić information content (AvgIpc) is 2.49. The van der Waals surface area contributed by atoms with Crippen molar-refractivity contribution in [3.8, 4) is 0 Å². The van der Waals surface area contributed by atoms with Crippen LogP contribution >= 0.6 is 0 Å². The van der Waals surface area contributed by atoms with Gasteiger partial charge in [-0.15, -0.1) is 0 Å². The summed E-state index contributed by atoms with van der Waals surface area (Å²) in [6, 6.07) is 10.5. The van der Waals surface area contributed by atoms with Crippen molar-refractivity contribution in [3.05, 3.63) is 42.0 Å². The second-order valence-corrected chi connectivity index (χ2v) is 5.51. The summed E-state index contributed by atoms with van der Waals surface area (Å²) in [6.45, 7) is 0.358. The predicted molar refractivity (Wildman–Crippen MR) is 88.7 cm³/mol. The average molecular weight is 274 g/mol. The zero-order chi connectivity index (χ0) is 14.3. The maximum atomic E-state index is 8.68. The number of hydrogen-bond acceptors (Lipinski definition) is 1. The Hall–Kier alpha value is -1.08. The van der Waals surface area contributed by atoms with Gasteiger partial charge in [0.25, 0.3) is 0 Å². The van der Waals surface area contributed by atoms with E-state index in [1.54, 1.807) is 0 Å². The maximum Gasteiger partial charge on any atom is 0.0431 e. The normalized spacial score (nSPS) is 11.2. The van der Waals surface area contributed by atoms with Crippen molar-refractivity contribution in [1.29, 1.82) is 0 Å². The standard InChI is InChI=1S/C19H30O/c20-18-14-9-7-5-3-1-2-4-6-8-11-15-19-16-12-10-13-17-19/h10-13,15-17,20H,1-9,14,18H2.